The van der Waals surface area contributed by atoms with Gasteiger partial charge in [-0.25, -0.2) is 14.5 Å². The zero-order chi connectivity index (χ0) is 40.3. The number of anilines is 1. The van der Waals surface area contributed by atoms with E-state index in [2.05, 4.69) is 49.8 Å². The number of methoxy groups -OCH3 is 3. The number of pyridine rings is 1. The number of carbonyl (C=O) groups is 2. The lowest BCUT2D eigenvalue weighted by molar-refractivity contribution is 0.0178. The number of nitrogens with zero attached hydrogens (tertiary/aromatic N) is 5. The molecule has 0 saturated carbocycles. The molecule has 0 atom stereocenters. The summed E-state index contributed by atoms with van der Waals surface area (Å²) in [6, 6.07) is 28.4. The Kier molecular flexibility index (Phi) is 13.3. The molecule has 7 rings (SSSR count). The van der Waals surface area contributed by atoms with Crippen molar-refractivity contribution in [2.75, 3.05) is 72.8 Å². The average molecular weight is 787 g/mol. The number of para-hydroxylation sites is 1. The fourth-order valence-corrected chi connectivity index (χ4v) is 6.71. The van der Waals surface area contributed by atoms with Crippen LogP contribution in [0.3, 0.4) is 0 Å². The van der Waals surface area contributed by atoms with Gasteiger partial charge in [0.05, 0.1) is 75.9 Å². The third-order valence-electron chi connectivity index (χ3n) is 9.77. The predicted octanol–water partition coefficient (Wildman–Crippen LogP) is 6.15. The molecule has 1 amide bonds. The number of rotatable bonds is 18. The van der Waals surface area contributed by atoms with Crippen LogP contribution in [0.25, 0.3) is 27.8 Å². The van der Waals surface area contributed by atoms with Gasteiger partial charge < -0.3 is 33.7 Å². The van der Waals surface area contributed by atoms with Gasteiger partial charge in [-0.15, -0.1) is 5.10 Å². The highest BCUT2D eigenvalue weighted by atomic mass is 16.6. The zero-order valence-electron chi connectivity index (χ0n) is 32.8. The summed E-state index contributed by atoms with van der Waals surface area (Å²) in [5, 5.41) is 12.5. The number of ether oxygens (including phenoxy) is 6. The molecule has 6 aromatic rings. The molecule has 3 heterocycles. The Morgan fingerprint density at radius 1 is 0.793 bits per heavy atom. The van der Waals surface area contributed by atoms with Crippen LogP contribution in [-0.4, -0.2) is 104 Å². The Hall–Kier alpha value is -6.19. The molecule has 14 heteroatoms. The third-order valence-corrected chi connectivity index (χ3v) is 9.77. The average Bonchev–Trinajstić information content (AvgIpc) is 3.76. The largest absolute Gasteiger partial charge is 0.493 e. The summed E-state index contributed by atoms with van der Waals surface area (Å²) in [6.45, 7) is 5.45. The smallest absolute Gasteiger partial charge is 0.339 e. The number of amides is 1. The standard InChI is InChI=1S/C44H46N6O8/c1-53-18-19-56-20-21-57-22-23-58-42-26-34-28-49(17-16-32(34)25-41(42)54-2)27-30-8-12-35(13-9-30)50-29-40(47-48-50)33-10-14-36(44(52)55-3)39(24-33)46-43(51)38-15-11-31-6-4-5-7-37(31)45-38/h4-15,24-26,29H,16-23,27-28H2,1-3H3,(H,46,51). The third kappa shape index (κ3) is 9.84. The summed E-state index contributed by atoms with van der Waals surface area (Å²) in [7, 11) is 4.60. The van der Waals surface area contributed by atoms with Crippen molar-refractivity contribution in [3.8, 4) is 28.4 Å². The molecule has 58 heavy (non-hydrogen) atoms. The fraction of sp³-hybridized carbons (Fsp3) is 0.295. The summed E-state index contributed by atoms with van der Waals surface area (Å²) in [5.74, 6) is 0.386. The normalized spacial score (nSPS) is 12.6. The van der Waals surface area contributed by atoms with E-state index in [-0.39, 0.29) is 16.9 Å². The summed E-state index contributed by atoms with van der Waals surface area (Å²) >= 11 is 0. The topological polar surface area (TPSA) is 148 Å². The first-order valence-electron chi connectivity index (χ1n) is 19.0. The number of carbonyl (C=O) groups excluding carboxylic acids is 2. The minimum Gasteiger partial charge on any atom is -0.493 e. The van der Waals surface area contributed by atoms with Crippen molar-refractivity contribution >= 4 is 28.5 Å². The van der Waals surface area contributed by atoms with Crippen molar-refractivity contribution < 1.29 is 38.0 Å². The van der Waals surface area contributed by atoms with E-state index in [1.807, 2.05) is 42.5 Å². The summed E-state index contributed by atoms with van der Waals surface area (Å²) in [4.78, 5) is 32.9. The van der Waals surface area contributed by atoms with Gasteiger partial charge in [-0.05, 0) is 71.6 Å². The first kappa shape index (κ1) is 40.0. The maximum atomic E-state index is 13.3. The van der Waals surface area contributed by atoms with Gasteiger partial charge in [0.15, 0.2) is 11.5 Å². The van der Waals surface area contributed by atoms with Crippen molar-refractivity contribution in [3.05, 3.63) is 125 Å². The van der Waals surface area contributed by atoms with Crippen molar-refractivity contribution in [1.82, 2.24) is 24.9 Å². The monoisotopic (exact) mass is 786 g/mol. The number of nitrogens with one attached hydrogen (secondary N) is 1. The van der Waals surface area contributed by atoms with Crippen LogP contribution >= 0.6 is 0 Å². The summed E-state index contributed by atoms with van der Waals surface area (Å²) < 4.78 is 34.4. The van der Waals surface area contributed by atoms with E-state index in [1.165, 1.54) is 23.8 Å². The van der Waals surface area contributed by atoms with Crippen LogP contribution in [0.2, 0.25) is 0 Å². The predicted molar refractivity (Wildman–Crippen MR) is 218 cm³/mol. The van der Waals surface area contributed by atoms with Crippen molar-refractivity contribution in [1.29, 1.82) is 0 Å². The molecular weight excluding hydrogens is 741 g/mol. The summed E-state index contributed by atoms with van der Waals surface area (Å²) in [5.41, 5.74) is 7.07. The van der Waals surface area contributed by atoms with Crippen LogP contribution in [0.1, 0.15) is 37.5 Å². The lowest BCUT2D eigenvalue weighted by Gasteiger charge is -2.29. The number of esters is 1. The van der Waals surface area contributed by atoms with Gasteiger partial charge in [-0.1, -0.05) is 47.7 Å². The van der Waals surface area contributed by atoms with Gasteiger partial charge in [-0.2, -0.15) is 0 Å². The van der Waals surface area contributed by atoms with Gasteiger partial charge in [0.1, 0.15) is 18.0 Å². The maximum Gasteiger partial charge on any atom is 0.339 e. The zero-order valence-corrected chi connectivity index (χ0v) is 32.8. The van der Waals surface area contributed by atoms with Gasteiger partial charge >= 0.3 is 5.97 Å². The highest BCUT2D eigenvalue weighted by Gasteiger charge is 2.21. The highest BCUT2D eigenvalue weighted by molar-refractivity contribution is 6.08. The molecule has 0 saturated heterocycles. The van der Waals surface area contributed by atoms with Gasteiger partial charge in [0.2, 0.25) is 0 Å². The van der Waals surface area contributed by atoms with Crippen LogP contribution in [0, 0.1) is 0 Å². The molecule has 0 radical (unpaired) electrons. The highest BCUT2D eigenvalue weighted by Crippen LogP contribution is 2.34. The van der Waals surface area contributed by atoms with E-state index >= 15 is 0 Å². The van der Waals surface area contributed by atoms with Crippen molar-refractivity contribution in [2.24, 2.45) is 0 Å². The van der Waals surface area contributed by atoms with Gasteiger partial charge in [-0.3, -0.25) is 9.69 Å². The lowest BCUT2D eigenvalue weighted by atomic mass is 9.98. The molecule has 0 fully saturated rings. The molecule has 4 aromatic carbocycles. The summed E-state index contributed by atoms with van der Waals surface area (Å²) in [6.07, 6.45) is 2.71. The van der Waals surface area contributed by atoms with E-state index in [0.717, 1.165) is 42.9 Å². The Bertz CT molecular complexity index is 2350. The van der Waals surface area contributed by atoms with Crippen molar-refractivity contribution in [3.63, 3.8) is 0 Å². The molecule has 0 aliphatic carbocycles. The minimum atomic E-state index is -0.585. The molecule has 0 spiro atoms. The Balaban J connectivity index is 0.972. The van der Waals surface area contributed by atoms with Crippen LogP contribution < -0.4 is 14.8 Å². The Labute approximate surface area is 336 Å². The van der Waals surface area contributed by atoms with Gasteiger partial charge in [0.25, 0.3) is 5.91 Å². The van der Waals surface area contributed by atoms with E-state index in [0.29, 0.717) is 62.2 Å². The molecule has 1 aliphatic heterocycles. The van der Waals surface area contributed by atoms with Crippen LogP contribution in [-0.2, 0) is 38.5 Å². The van der Waals surface area contributed by atoms with Crippen molar-refractivity contribution in [2.45, 2.75) is 19.5 Å². The van der Waals surface area contributed by atoms with Crippen LogP contribution in [0.4, 0.5) is 5.69 Å². The minimum absolute atomic E-state index is 0.200. The molecule has 300 valence electrons. The molecule has 1 aliphatic rings. The quantitative estimate of drug-likeness (QED) is 0.0788. The first-order valence-corrected chi connectivity index (χ1v) is 19.0. The number of fused-ring (bicyclic) bond motifs is 2. The molecule has 0 unspecified atom stereocenters. The first-order chi connectivity index (χ1) is 28.4. The molecule has 14 nitrogen and oxygen atoms in total. The molecule has 2 aromatic heterocycles. The maximum absolute atomic E-state index is 13.3. The van der Waals surface area contributed by atoms with Crippen LogP contribution in [0.15, 0.2) is 97.2 Å². The second kappa shape index (κ2) is 19.3. The molecule has 0 bridgehead atoms. The SMILES string of the molecule is COCCOCCOCCOc1cc2c(cc1OC)CCN(Cc1ccc(-n3cc(-c4ccc(C(=O)OC)c(NC(=O)c5ccc6ccccc6n5)c4)nn3)cc1)C2. The van der Waals surface area contributed by atoms with E-state index in [4.69, 9.17) is 28.4 Å². The number of aromatic nitrogens is 4. The van der Waals surface area contributed by atoms with E-state index < -0.39 is 11.9 Å². The number of benzene rings is 4. The van der Waals surface area contributed by atoms with Gasteiger partial charge in [0, 0.05) is 37.7 Å². The molecule has 1 N–H and O–H groups in total. The Morgan fingerprint density at radius 2 is 1.57 bits per heavy atom. The second-order valence-corrected chi connectivity index (χ2v) is 13.6. The second-order valence-electron chi connectivity index (χ2n) is 13.6. The lowest BCUT2D eigenvalue weighted by Crippen LogP contribution is -2.30. The van der Waals surface area contributed by atoms with E-state index in [9.17, 15) is 9.59 Å². The van der Waals surface area contributed by atoms with E-state index in [1.54, 1.807) is 49.4 Å². The Morgan fingerprint density at radius 3 is 2.36 bits per heavy atom. The number of hydrogen-bond acceptors (Lipinski definition) is 12. The fourth-order valence-electron chi connectivity index (χ4n) is 6.71. The molecular formula is C44H46N6O8. The van der Waals surface area contributed by atoms with Crippen LogP contribution in [0.5, 0.6) is 11.5 Å². The number of hydrogen-bond donors (Lipinski definition) is 1.